The van der Waals surface area contributed by atoms with Crippen LogP contribution < -0.4 is 64.8 Å². The summed E-state index contributed by atoms with van der Waals surface area (Å²) in [7, 11) is 0. The Morgan fingerprint density at radius 1 is 1.62 bits per heavy atom. The number of esters is 1. The minimum atomic E-state index is -0.298. The summed E-state index contributed by atoms with van der Waals surface area (Å²) in [6.45, 7) is 2.14. The summed E-state index contributed by atoms with van der Waals surface area (Å²) in [4.78, 5) is 10.7. The van der Waals surface area contributed by atoms with E-state index in [0.717, 1.165) is 0 Å². The summed E-state index contributed by atoms with van der Waals surface area (Å²) in [6, 6.07) is -0.279. The van der Waals surface area contributed by atoms with E-state index in [-0.39, 0.29) is 87.0 Å². The number of aliphatic hydroxyl groups excluding tert-OH is 1. The molecule has 0 radical (unpaired) electrons. The van der Waals surface area contributed by atoms with Gasteiger partial charge in [-0.05, 0) is 13.3 Å². The first kappa shape index (κ1) is 19.9. The van der Waals surface area contributed by atoms with Gasteiger partial charge in [0, 0.05) is 12.6 Å². The maximum Gasteiger partial charge on any atom is 1.00 e. The third-order valence-corrected chi connectivity index (χ3v) is 1.23. The van der Waals surface area contributed by atoms with Gasteiger partial charge in [0.25, 0.3) is 0 Å². The van der Waals surface area contributed by atoms with Crippen LogP contribution in [0.5, 0.6) is 0 Å². The average molecular weight is 209 g/mol. The first-order chi connectivity index (χ1) is 5.20. The minimum Gasteiger partial charge on any atom is -1.00 e. The van der Waals surface area contributed by atoms with Crippen molar-refractivity contribution in [2.45, 2.75) is 25.8 Å². The summed E-state index contributed by atoms with van der Waals surface area (Å²) in [5.41, 5.74) is 5.45. The van der Waals surface area contributed by atoms with Crippen molar-refractivity contribution in [1.82, 2.24) is 0 Å². The second-order valence-corrected chi connectivity index (χ2v) is 2.28. The van der Waals surface area contributed by atoms with E-state index in [1.54, 1.807) is 6.92 Å². The zero-order valence-electron chi connectivity index (χ0n) is 10.7. The van der Waals surface area contributed by atoms with Crippen LogP contribution in [0.25, 0.3) is 0 Å². The van der Waals surface area contributed by atoms with Crippen molar-refractivity contribution in [3.63, 3.8) is 0 Å². The average Bonchev–Trinajstić information content (AvgIpc) is 1.87. The fraction of sp³-hybridized carbons (Fsp3) is 0.857. The maximum absolute atomic E-state index is 10.7. The van der Waals surface area contributed by atoms with Crippen LogP contribution in [-0.2, 0) is 9.53 Å². The number of carbonyl (C=O) groups excluding carboxylic acids is 1. The first-order valence-corrected chi connectivity index (χ1v) is 3.72. The van der Waals surface area contributed by atoms with Gasteiger partial charge in [-0.1, -0.05) is 0 Å². The van der Waals surface area contributed by atoms with Crippen molar-refractivity contribution < 1.29 is 76.6 Å². The fourth-order valence-corrected chi connectivity index (χ4v) is 0.702. The van der Waals surface area contributed by atoms with Crippen molar-refractivity contribution in [2.24, 2.45) is 5.73 Å². The molecule has 0 heterocycles. The van der Waals surface area contributed by atoms with Gasteiger partial charge in [0.1, 0.15) is 0 Å². The summed E-state index contributed by atoms with van der Waals surface area (Å²) >= 11 is 0. The van der Waals surface area contributed by atoms with Crippen LogP contribution in [0.2, 0.25) is 0 Å². The molecule has 6 heteroatoms. The van der Waals surface area contributed by atoms with Gasteiger partial charge < -0.3 is 18.4 Å². The zero-order valence-corrected chi connectivity index (χ0v) is 12.7. The topological polar surface area (TPSA) is 72.5 Å². The van der Waals surface area contributed by atoms with Gasteiger partial charge in [-0.25, -0.2) is 0 Å². The van der Waals surface area contributed by atoms with Crippen LogP contribution in [-0.4, -0.2) is 30.3 Å². The van der Waals surface area contributed by atoms with E-state index in [2.05, 4.69) is 4.74 Å². The molecule has 1 atom stereocenters. The molecule has 0 aliphatic heterocycles. The van der Waals surface area contributed by atoms with Crippen LogP contribution in [0.3, 0.4) is 0 Å². The molecule has 0 saturated heterocycles. The van der Waals surface area contributed by atoms with Gasteiger partial charge in [0.05, 0.1) is 13.0 Å². The van der Waals surface area contributed by atoms with Gasteiger partial charge in [-0.2, -0.15) is 0 Å². The number of hydrogen-bond donors (Lipinski definition) is 2. The van der Waals surface area contributed by atoms with E-state index in [9.17, 15) is 4.79 Å². The van der Waals surface area contributed by atoms with Gasteiger partial charge >= 0.3 is 65.1 Å². The molecule has 0 bridgehead atoms. The van der Waals surface area contributed by atoms with Gasteiger partial charge in [-0.15, -0.1) is 0 Å². The molecule has 0 aromatic rings. The van der Waals surface area contributed by atoms with Crippen molar-refractivity contribution in [2.75, 3.05) is 13.2 Å². The molecule has 70 valence electrons. The first-order valence-electron chi connectivity index (χ1n) is 3.72. The molecular formula is C7H17NNa2O3. The maximum atomic E-state index is 10.7. The molecular weight excluding hydrogens is 192 g/mol. The van der Waals surface area contributed by atoms with Crippen LogP contribution in [0.1, 0.15) is 22.6 Å². The SMILES string of the molecule is CCOC(=O)CC(N)CCO.[H-].[H-].[Na+].[Na+]. The van der Waals surface area contributed by atoms with Crippen LogP contribution >= 0.6 is 0 Å². The number of aliphatic hydroxyl groups is 1. The summed E-state index contributed by atoms with van der Waals surface area (Å²) in [5.74, 6) is -0.298. The third-order valence-electron chi connectivity index (χ3n) is 1.23. The molecule has 0 saturated carbocycles. The van der Waals surface area contributed by atoms with Crippen molar-refractivity contribution in [1.29, 1.82) is 0 Å². The molecule has 0 aromatic heterocycles. The van der Waals surface area contributed by atoms with E-state index in [1.807, 2.05) is 0 Å². The van der Waals surface area contributed by atoms with Gasteiger partial charge in [-0.3, -0.25) is 4.79 Å². The Labute approximate surface area is 126 Å². The molecule has 3 N–H and O–H groups in total. The van der Waals surface area contributed by atoms with Crippen molar-refractivity contribution >= 4 is 5.97 Å². The van der Waals surface area contributed by atoms with Gasteiger partial charge in [0.15, 0.2) is 0 Å². The second-order valence-electron chi connectivity index (χ2n) is 2.28. The predicted octanol–water partition coefficient (Wildman–Crippen LogP) is -6.12. The van der Waals surface area contributed by atoms with E-state index in [0.29, 0.717) is 13.0 Å². The van der Waals surface area contributed by atoms with Crippen molar-refractivity contribution in [3.05, 3.63) is 0 Å². The Kier molecular flexibility index (Phi) is 20.5. The summed E-state index contributed by atoms with van der Waals surface area (Å²) < 4.78 is 4.66. The summed E-state index contributed by atoms with van der Waals surface area (Å²) in [6.07, 6.45) is 0.632. The zero-order chi connectivity index (χ0) is 8.69. The molecule has 0 amide bonds. The molecule has 0 aromatic carbocycles. The third kappa shape index (κ3) is 13.4. The number of carbonyl (C=O) groups is 1. The molecule has 4 nitrogen and oxygen atoms in total. The minimum absolute atomic E-state index is 0. The van der Waals surface area contributed by atoms with Crippen molar-refractivity contribution in [3.8, 4) is 0 Å². The Hall–Kier alpha value is 1.39. The predicted molar refractivity (Wildman–Crippen MR) is 43.2 cm³/mol. The molecule has 0 aliphatic rings. The Morgan fingerprint density at radius 2 is 2.15 bits per heavy atom. The molecule has 1 unspecified atom stereocenters. The number of nitrogens with two attached hydrogens (primary N) is 1. The van der Waals surface area contributed by atoms with Crippen LogP contribution in [0.15, 0.2) is 0 Å². The largest absolute Gasteiger partial charge is 1.00 e. The number of rotatable bonds is 5. The van der Waals surface area contributed by atoms with E-state index < -0.39 is 0 Å². The molecule has 0 rings (SSSR count). The quantitative estimate of drug-likeness (QED) is 0.349. The smallest absolute Gasteiger partial charge is 1.00 e. The van der Waals surface area contributed by atoms with E-state index >= 15 is 0 Å². The van der Waals surface area contributed by atoms with Crippen LogP contribution in [0.4, 0.5) is 0 Å². The molecule has 0 fully saturated rings. The Morgan fingerprint density at radius 3 is 2.54 bits per heavy atom. The Bertz CT molecular complexity index is 133. The summed E-state index contributed by atoms with van der Waals surface area (Å²) in [5, 5.41) is 8.45. The monoisotopic (exact) mass is 209 g/mol. The van der Waals surface area contributed by atoms with Crippen LogP contribution in [0, 0.1) is 0 Å². The molecule has 0 aliphatic carbocycles. The molecule has 0 spiro atoms. The van der Waals surface area contributed by atoms with E-state index in [1.165, 1.54) is 0 Å². The normalized spacial score (nSPS) is 10.7. The van der Waals surface area contributed by atoms with E-state index in [4.69, 9.17) is 10.8 Å². The number of hydrogen-bond acceptors (Lipinski definition) is 4. The standard InChI is InChI=1S/C7H15NO3.2Na.2H/c1-2-11-7(10)5-6(8)3-4-9;;;;/h6,9H,2-5,8H2,1H3;;;;/q;2*+1;2*-1. The number of ether oxygens (including phenoxy) is 1. The second kappa shape index (κ2) is 13.4. The fourth-order valence-electron chi connectivity index (χ4n) is 0.702. The van der Waals surface area contributed by atoms with Gasteiger partial charge in [0.2, 0.25) is 0 Å². The molecule has 13 heavy (non-hydrogen) atoms. The Balaban J connectivity index is -0.0000000833.